The van der Waals surface area contributed by atoms with Crippen molar-refractivity contribution in [2.75, 3.05) is 13.1 Å². The largest absolute Gasteiger partial charge is 0.316 e. The molecule has 18 heavy (non-hydrogen) atoms. The Balaban J connectivity index is 1.67. The fourth-order valence-electron chi connectivity index (χ4n) is 4.01. The zero-order valence-corrected chi connectivity index (χ0v) is 12.5. The molecule has 0 aliphatic heterocycles. The van der Waals surface area contributed by atoms with Gasteiger partial charge in [0.25, 0.3) is 0 Å². The van der Waals surface area contributed by atoms with Crippen molar-refractivity contribution in [2.24, 2.45) is 23.7 Å². The van der Waals surface area contributed by atoms with Crippen LogP contribution in [-0.2, 0) is 0 Å². The number of rotatable bonds is 4. The first kappa shape index (κ1) is 14.1. The number of allylic oxidation sites excluding steroid dienone is 2. The fraction of sp³-hybridized carbons (Fsp3) is 0.882. The third-order valence-corrected chi connectivity index (χ3v) is 5.01. The van der Waals surface area contributed by atoms with Gasteiger partial charge >= 0.3 is 0 Å². The second-order valence-electron chi connectivity index (χ2n) is 6.98. The first-order chi connectivity index (χ1) is 8.65. The summed E-state index contributed by atoms with van der Waals surface area (Å²) in [6, 6.07) is 0. The monoisotopic (exact) mass is 249 g/mol. The molecule has 0 saturated heterocycles. The zero-order chi connectivity index (χ0) is 13.0. The van der Waals surface area contributed by atoms with E-state index in [1.165, 1.54) is 51.6 Å². The van der Waals surface area contributed by atoms with Gasteiger partial charge in [0.1, 0.15) is 0 Å². The fourth-order valence-corrected chi connectivity index (χ4v) is 4.01. The second kappa shape index (κ2) is 6.75. The van der Waals surface area contributed by atoms with Gasteiger partial charge in [0.15, 0.2) is 0 Å². The predicted octanol–water partition coefficient (Wildman–Crippen LogP) is 4.39. The molecule has 1 heteroatoms. The minimum Gasteiger partial charge on any atom is -0.316 e. The van der Waals surface area contributed by atoms with E-state index in [0.29, 0.717) is 0 Å². The van der Waals surface area contributed by atoms with Crippen molar-refractivity contribution >= 4 is 0 Å². The van der Waals surface area contributed by atoms with E-state index in [1.54, 1.807) is 5.57 Å². The van der Waals surface area contributed by atoms with Crippen LogP contribution in [0.2, 0.25) is 0 Å². The van der Waals surface area contributed by atoms with Crippen molar-refractivity contribution in [3.8, 4) is 0 Å². The normalized spacial score (nSPS) is 37.4. The van der Waals surface area contributed by atoms with E-state index in [-0.39, 0.29) is 0 Å². The lowest BCUT2D eigenvalue weighted by Crippen LogP contribution is -2.33. The lowest BCUT2D eigenvalue weighted by Gasteiger charge is -2.30. The molecule has 0 amide bonds. The molecule has 0 aromatic heterocycles. The van der Waals surface area contributed by atoms with Crippen LogP contribution in [0.1, 0.15) is 59.3 Å². The highest BCUT2D eigenvalue weighted by Crippen LogP contribution is 2.30. The Morgan fingerprint density at radius 1 is 1.17 bits per heavy atom. The quantitative estimate of drug-likeness (QED) is 0.728. The summed E-state index contributed by atoms with van der Waals surface area (Å²) in [5, 5.41) is 3.77. The van der Waals surface area contributed by atoms with Crippen LogP contribution in [0, 0.1) is 23.7 Å². The maximum absolute atomic E-state index is 3.77. The topological polar surface area (TPSA) is 12.0 Å². The van der Waals surface area contributed by atoms with Crippen molar-refractivity contribution in [1.29, 1.82) is 0 Å². The minimum absolute atomic E-state index is 0.791. The maximum Gasteiger partial charge on any atom is -0.00171 e. The molecule has 0 heterocycles. The summed E-state index contributed by atoms with van der Waals surface area (Å²) in [5.74, 6) is 3.55. The van der Waals surface area contributed by atoms with Crippen LogP contribution >= 0.6 is 0 Å². The average Bonchev–Trinajstić information content (AvgIpc) is 2.30. The summed E-state index contributed by atoms with van der Waals surface area (Å²) in [4.78, 5) is 0. The van der Waals surface area contributed by atoms with Gasteiger partial charge < -0.3 is 5.32 Å². The van der Waals surface area contributed by atoms with Crippen LogP contribution in [0.15, 0.2) is 11.6 Å². The average molecular weight is 249 g/mol. The lowest BCUT2D eigenvalue weighted by atomic mass is 9.80. The van der Waals surface area contributed by atoms with Gasteiger partial charge in [-0.2, -0.15) is 0 Å². The molecule has 2 aliphatic carbocycles. The molecule has 1 saturated carbocycles. The Labute approximate surface area is 113 Å². The summed E-state index contributed by atoms with van der Waals surface area (Å²) in [5.41, 5.74) is 1.60. The van der Waals surface area contributed by atoms with E-state index < -0.39 is 0 Å². The van der Waals surface area contributed by atoms with Gasteiger partial charge in [-0.25, -0.2) is 0 Å². The van der Waals surface area contributed by atoms with Crippen LogP contribution in [0.3, 0.4) is 0 Å². The molecular weight excluding hydrogens is 218 g/mol. The number of hydrogen-bond donors (Lipinski definition) is 1. The van der Waals surface area contributed by atoms with Gasteiger partial charge in [0.05, 0.1) is 0 Å². The first-order valence-corrected chi connectivity index (χ1v) is 8.03. The Kier molecular flexibility index (Phi) is 5.29. The van der Waals surface area contributed by atoms with Crippen LogP contribution in [0.25, 0.3) is 0 Å². The molecule has 2 aliphatic rings. The number of nitrogens with one attached hydrogen (secondary N) is 1. The molecule has 0 aromatic carbocycles. The summed E-state index contributed by atoms with van der Waals surface area (Å²) in [6.07, 6.45) is 11.0. The van der Waals surface area contributed by atoms with E-state index >= 15 is 0 Å². The van der Waals surface area contributed by atoms with Gasteiger partial charge in [-0.1, -0.05) is 44.8 Å². The molecule has 4 unspecified atom stereocenters. The summed E-state index contributed by atoms with van der Waals surface area (Å²) >= 11 is 0. The van der Waals surface area contributed by atoms with Crippen molar-refractivity contribution in [3.63, 3.8) is 0 Å². The highest BCUT2D eigenvalue weighted by molar-refractivity contribution is 5.06. The first-order valence-electron chi connectivity index (χ1n) is 8.03. The SMILES string of the molecule is CC1=CC(C)CC(CNCC2CCCCC2C)C1. The van der Waals surface area contributed by atoms with Crippen molar-refractivity contribution in [1.82, 2.24) is 5.32 Å². The van der Waals surface area contributed by atoms with E-state index in [4.69, 9.17) is 0 Å². The van der Waals surface area contributed by atoms with Gasteiger partial charge in [-0.05, 0) is 62.9 Å². The summed E-state index contributed by atoms with van der Waals surface area (Å²) in [6.45, 7) is 9.60. The summed E-state index contributed by atoms with van der Waals surface area (Å²) in [7, 11) is 0. The molecule has 4 atom stereocenters. The predicted molar refractivity (Wildman–Crippen MR) is 79.6 cm³/mol. The van der Waals surface area contributed by atoms with Crippen LogP contribution < -0.4 is 5.32 Å². The third kappa shape index (κ3) is 4.12. The lowest BCUT2D eigenvalue weighted by molar-refractivity contribution is 0.241. The maximum atomic E-state index is 3.77. The van der Waals surface area contributed by atoms with Crippen molar-refractivity contribution in [3.05, 3.63) is 11.6 Å². The Hall–Kier alpha value is -0.300. The molecule has 104 valence electrons. The minimum atomic E-state index is 0.791. The summed E-state index contributed by atoms with van der Waals surface area (Å²) < 4.78 is 0. The Morgan fingerprint density at radius 3 is 2.67 bits per heavy atom. The molecule has 1 nitrogen and oxygen atoms in total. The standard InChI is InChI=1S/C17H31N/c1-13-8-14(2)10-16(9-13)11-18-12-17-7-5-4-6-15(17)3/h8,13,15-18H,4-7,9-12H2,1-3H3. The highest BCUT2D eigenvalue weighted by Gasteiger charge is 2.22. The van der Waals surface area contributed by atoms with E-state index in [9.17, 15) is 0 Å². The van der Waals surface area contributed by atoms with Crippen LogP contribution in [0.4, 0.5) is 0 Å². The van der Waals surface area contributed by atoms with Crippen LogP contribution in [0.5, 0.6) is 0 Å². The Morgan fingerprint density at radius 2 is 1.94 bits per heavy atom. The smallest absolute Gasteiger partial charge is 0.00171 e. The van der Waals surface area contributed by atoms with E-state index in [1.807, 2.05) is 0 Å². The molecule has 0 bridgehead atoms. The van der Waals surface area contributed by atoms with Gasteiger partial charge in [-0.15, -0.1) is 0 Å². The van der Waals surface area contributed by atoms with E-state index in [2.05, 4.69) is 32.2 Å². The molecule has 2 rings (SSSR count). The van der Waals surface area contributed by atoms with Crippen molar-refractivity contribution < 1.29 is 0 Å². The molecule has 1 fully saturated rings. The van der Waals surface area contributed by atoms with E-state index in [0.717, 1.165) is 23.7 Å². The third-order valence-electron chi connectivity index (χ3n) is 5.01. The van der Waals surface area contributed by atoms with Crippen LogP contribution in [-0.4, -0.2) is 13.1 Å². The molecule has 1 N–H and O–H groups in total. The molecule has 0 aromatic rings. The Bertz CT molecular complexity index is 281. The number of hydrogen-bond acceptors (Lipinski definition) is 1. The second-order valence-corrected chi connectivity index (χ2v) is 6.98. The zero-order valence-electron chi connectivity index (χ0n) is 12.5. The highest BCUT2D eigenvalue weighted by atomic mass is 14.9. The van der Waals surface area contributed by atoms with Gasteiger partial charge in [0, 0.05) is 0 Å². The van der Waals surface area contributed by atoms with Gasteiger partial charge in [-0.3, -0.25) is 0 Å². The molecular formula is C17H31N. The molecule has 0 spiro atoms. The van der Waals surface area contributed by atoms with Gasteiger partial charge in [0.2, 0.25) is 0 Å². The molecule has 0 radical (unpaired) electrons. The van der Waals surface area contributed by atoms with Crippen molar-refractivity contribution in [2.45, 2.75) is 59.3 Å².